The van der Waals surface area contributed by atoms with Crippen LogP contribution < -0.4 is 66.3 Å². The van der Waals surface area contributed by atoms with E-state index >= 15 is 0 Å². The van der Waals surface area contributed by atoms with Crippen molar-refractivity contribution in [2.75, 3.05) is 52.9 Å². The van der Waals surface area contributed by atoms with Gasteiger partial charge >= 0.3 is 0 Å². The summed E-state index contributed by atoms with van der Waals surface area (Å²) in [5.41, 5.74) is 5.19. The molecule has 7 rings (SSSR count). The summed E-state index contributed by atoms with van der Waals surface area (Å²) in [6.07, 6.45) is 13.4. The largest absolute Gasteiger partial charge is 0.489 e. The first-order valence-electron chi connectivity index (χ1n) is 28.3. The maximum absolute atomic E-state index is 10.5. The topological polar surface area (TPSA) is 149 Å². The summed E-state index contributed by atoms with van der Waals surface area (Å²) in [7, 11) is 0. The van der Waals surface area contributed by atoms with Gasteiger partial charge in [0.15, 0.2) is 0 Å². The zero-order valence-electron chi connectivity index (χ0n) is 49.7. The van der Waals surface area contributed by atoms with Crippen molar-refractivity contribution in [3.8, 4) is 80.5 Å². The third kappa shape index (κ3) is 22.2. The van der Waals surface area contributed by atoms with E-state index in [1.807, 2.05) is 84.9 Å². The van der Waals surface area contributed by atoms with E-state index in [0.29, 0.717) is 139 Å². The molecule has 0 fully saturated rings. The molecule has 0 heterocycles. The molecule has 0 aliphatic rings. The van der Waals surface area contributed by atoms with E-state index in [1.54, 1.807) is 91.1 Å². The normalized spacial score (nSPS) is 10.5. The molecule has 0 radical (unpaired) electrons. The summed E-state index contributed by atoms with van der Waals surface area (Å²) in [5.74, 6) is 7.67. The van der Waals surface area contributed by atoms with Gasteiger partial charge in [0.05, 0.1) is 6.61 Å². The van der Waals surface area contributed by atoms with Crippen LogP contribution in [-0.2, 0) is 46.2 Å². The molecule has 0 aliphatic heterocycles. The zero-order valence-corrected chi connectivity index (χ0v) is 49.7. The highest BCUT2D eigenvalue weighted by Crippen LogP contribution is 2.34. The molecule has 0 spiro atoms. The second kappa shape index (κ2) is 35.8. The standard InChI is InChI=1S/C73H76O15/c1-9-17-75-60-27-54(28-61(39-60)76-18-10-2)47-85-70-35-58(36-71(44-70)86-48-55-29-62(77-19-11-3)40-63(30-55)78-20-12-4)51-83-68-25-53(46-74)26-69(43-68)84-52-59-37-72(87-49-56-31-64(79-21-13-5)41-65(32-56)80-22-14-6)45-73(38-59)88-50-57-33-66(81-23-15-7)42-67(34-57)82-24-16-8/h9-16,25-45,74H,1-8,17-24,46-52H2. The molecular weight excluding hydrogens is 1120 g/mol. The molecule has 15 heteroatoms. The van der Waals surface area contributed by atoms with Gasteiger partial charge in [-0.05, 0) is 124 Å². The molecule has 88 heavy (non-hydrogen) atoms. The molecule has 15 nitrogen and oxygen atoms in total. The van der Waals surface area contributed by atoms with E-state index in [4.69, 9.17) is 66.3 Å². The van der Waals surface area contributed by atoms with Crippen LogP contribution in [0.4, 0.5) is 0 Å². The molecule has 0 aliphatic carbocycles. The maximum Gasteiger partial charge on any atom is 0.123 e. The Hall–Kier alpha value is -10.4. The highest BCUT2D eigenvalue weighted by molar-refractivity contribution is 5.46. The summed E-state index contributed by atoms with van der Waals surface area (Å²) in [6, 6.07) is 38.7. The highest BCUT2D eigenvalue weighted by Gasteiger charge is 2.14. The number of benzene rings is 7. The van der Waals surface area contributed by atoms with Crippen molar-refractivity contribution in [2.24, 2.45) is 0 Å². The Labute approximate surface area is 516 Å². The van der Waals surface area contributed by atoms with Gasteiger partial charge < -0.3 is 71.4 Å². The molecule has 7 aromatic rings. The van der Waals surface area contributed by atoms with E-state index in [9.17, 15) is 5.11 Å². The lowest BCUT2D eigenvalue weighted by atomic mass is 10.1. The third-order valence-electron chi connectivity index (χ3n) is 12.1. The molecule has 7 aromatic carbocycles. The Morgan fingerprint density at radius 3 is 0.443 bits per heavy atom. The summed E-state index contributed by atoms with van der Waals surface area (Å²) in [5, 5.41) is 10.5. The molecule has 1 N–H and O–H groups in total. The summed E-state index contributed by atoms with van der Waals surface area (Å²) < 4.78 is 85.9. The van der Waals surface area contributed by atoms with Crippen molar-refractivity contribution in [3.05, 3.63) is 268 Å². The monoisotopic (exact) mass is 1190 g/mol. The number of ether oxygens (including phenoxy) is 14. The van der Waals surface area contributed by atoms with E-state index in [1.165, 1.54) is 0 Å². The van der Waals surface area contributed by atoms with Crippen molar-refractivity contribution >= 4 is 0 Å². The average Bonchev–Trinajstić information content (AvgIpc) is 3.74. The SMILES string of the molecule is C=CCOc1cc(COc2cc(COc3cc(CO)cc(OCc4cc(OCc5cc(OCC=C)cc(OCC=C)c5)cc(OCc5cc(OCC=C)cc(OCC=C)c5)c4)c3)cc(OCc3cc(OCC=C)cc(OCC=C)c3)c2)cc(OCC=C)c1. The van der Waals surface area contributed by atoms with Gasteiger partial charge in [-0.25, -0.2) is 0 Å². The fourth-order valence-electron chi connectivity index (χ4n) is 8.41. The van der Waals surface area contributed by atoms with Crippen molar-refractivity contribution in [2.45, 2.75) is 46.2 Å². The van der Waals surface area contributed by atoms with Gasteiger partial charge in [0.1, 0.15) is 173 Å². The predicted molar refractivity (Wildman–Crippen MR) is 343 cm³/mol. The Morgan fingerprint density at radius 2 is 0.318 bits per heavy atom. The quantitative estimate of drug-likeness (QED) is 0.0361. The molecular formula is C73H76O15. The van der Waals surface area contributed by atoms with Crippen LogP contribution in [0.15, 0.2) is 229 Å². The number of aliphatic hydroxyl groups excluding tert-OH is 1. The highest BCUT2D eigenvalue weighted by atomic mass is 16.5. The number of rotatable bonds is 43. The number of hydrogen-bond donors (Lipinski definition) is 1. The van der Waals surface area contributed by atoms with E-state index < -0.39 is 0 Å². The summed E-state index contributed by atoms with van der Waals surface area (Å²) >= 11 is 0. The minimum atomic E-state index is -0.281. The van der Waals surface area contributed by atoms with Crippen LogP contribution >= 0.6 is 0 Å². The molecule has 0 unspecified atom stereocenters. The Bertz CT molecular complexity index is 2930. The maximum atomic E-state index is 10.5. The number of aliphatic hydroxyl groups is 1. The fraction of sp³-hybridized carbons (Fsp3) is 0.205. The molecule has 0 saturated carbocycles. The van der Waals surface area contributed by atoms with E-state index in [-0.39, 0.29) is 46.2 Å². The predicted octanol–water partition coefficient (Wildman–Crippen LogP) is 15.2. The fourth-order valence-corrected chi connectivity index (χ4v) is 8.41. The van der Waals surface area contributed by atoms with Crippen molar-refractivity contribution < 1.29 is 71.4 Å². The van der Waals surface area contributed by atoms with E-state index in [2.05, 4.69) is 52.6 Å². The van der Waals surface area contributed by atoms with Crippen LogP contribution in [0.25, 0.3) is 0 Å². The van der Waals surface area contributed by atoms with Crippen molar-refractivity contribution in [1.82, 2.24) is 0 Å². The first-order valence-corrected chi connectivity index (χ1v) is 28.3. The molecule has 0 saturated heterocycles. The van der Waals surface area contributed by atoms with Gasteiger partial charge in [0.25, 0.3) is 0 Å². The Balaban J connectivity index is 1.14. The third-order valence-corrected chi connectivity index (χ3v) is 12.1. The van der Waals surface area contributed by atoms with Crippen LogP contribution in [0.3, 0.4) is 0 Å². The van der Waals surface area contributed by atoms with Crippen molar-refractivity contribution in [1.29, 1.82) is 0 Å². The van der Waals surface area contributed by atoms with E-state index in [0.717, 1.165) is 33.4 Å². The van der Waals surface area contributed by atoms with Crippen molar-refractivity contribution in [3.63, 3.8) is 0 Å². The van der Waals surface area contributed by atoms with Gasteiger partial charge in [-0.2, -0.15) is 0 Å². The van der Waals surface area contributed by atoms with Crippen LogP contribution in [0.2, 0.25) is 0 Å². The minimum absolute atomic E-state index is 0.0765. The summed E-state index contributed by atoms with van der Waals surface area (Å²) in [4.78, 5) is 0. The zero-order chi connectivity index (χ0) is 62.1. The van der Waals surface area contributed by atoms with Gasteiger partial charge in [-0.1, -0.05) is 101 Å². The van der Waals surface area contributed by atoms with Gasteiger partial charge in [0, 0.05) is 42.5 Å². The lowest BCUT2D eigenvalue weighted by molar-refractivity contribution is 0.267. The van der Waals surface area contributed by atoms with Gasteiger partial charge in [-0.3, -0.25) is 0 Å². The average molecular weight is 1190 g/mol. The first kappa shape index (κ1) is 65.2. The lowest BCUT2D eigenvalue weighted by Gasteiger charge is -2.16. The van der Waals surface area contributed by atoms with Gasteiger partial charge in [-0.15, -0.1) is 0 Å². The van der Waals surface area contributed by atoms with Crippen LogP contribution in [0.5, 0.6) is 80.5 Å². The molecule has 458 valence electrons. The Morgan fingerprint density at radius 1 is 0.193 bits per heavy atom. The number of hydrogen-bond acceptors (Lipinski definition) is 15. The second-order valence-electron chi connectivity index (χ2n) is 19.4. The minimum Gasteiger partial charge on any atom is -0.489 e. The molecule has 0 bridgehead atoms. The van der Waals surface area contributed by atoms with Crippen LogP contribution in [-0.4, -0.2) is 58.0 Å². The molecule has 0 amide bonds. The first-order chi connectivity index (χ1) is 43.1. The molecule has 0 atom stereocenters. The molecule has 0 aromatic heterocycles. The smallest absolute Gasteiger partial charge is 0.123 e. The second-order valence-corrected chi connectivity index (χ2v) is 19.4. The van der Waals surface area contributed by atoms with Gasteiger partial charge in [0.2, 0.25) is 0 Å². The Kier molecular flexibility index (Phi) is 26.5. The lowest BCUT2D eigenvalue weighted by Crippen LogP contribution is -2.04. The van der Waals surface area contributed by atoms with Crippen LogP contribution in [0, 0.1) is 0 Å². The summed E-state index contributed by atoms with van der Waals surface area (Å²) in [6.45, 7) is 33.2. The van der Waals surface area contributed by atoms with Crippen LogP contribution in [0.1, 0.15) is 38.9 Å².